The molecule has 116 valence electrons. The van der Waals surface area contributed by atoms with E-state index in [1.54, 1.807) is 13.0 Å². The van der Waals surface area contributed by atoms with Crippen LogP contribution in [0.4, 0.5) is 0 Å². The number of amides is 1. The molecule has 2 atom stereocenters. The lowest BCUT2D eigenvalue weighted by Gasteiger charge is -2.20. The average molecular weight is 312 g/mol. The van der Waals surface area contributed by atoms with E-state index in [-0.39, 0.29) is 22.9 Å². The number of benzene rings is 1. The van der Waals surface area contributed by atoms with Crippen molar-refractivity contribution in [2.24, 2.45) is 5.14 Å². The maximum Gasteiger partial charge on any atom is 0.251 e. The van der Waals surface area contributed by atoms with Crippen molar-refractivity contribution in [3.05, 3.63) is 29.3 Å². The summed E-state index contributed by atoms with van der Waals surface area (Å²) in [6.45, 7) is 4.34. The zero-order valence-corrected chi connectivity index (χ0v) is 12.9. The number of hydrogen-bond donors (Lipinski definition) is 2. The van der Waals surface area contributed by atoms with Gasteiger partial charge in [0.2, 0.25) is 10.0 Å². The molecule has 7 heteroatoms. The predicted octanol–water partition coefficient (Wildman–Crippen LogP) is 0.940. The predicted molar refractivity (Wildman–Crippen MR) is 78.5 cm³/mol. The number of carbonyl (C=O) groups excluding carboxylic acids is 1. The normalized spacial score (nSPS) is 20.2. The molecule has 1 heterocycles. The molecule has 1 aromatic carbocycles. The van der Waals surface area contributed by atoms with Gasteiger partial charge >= 0.3 is 0 Å². The minimum absolute atomic E-state index is 0.00989. The molecule has 1 fully saturated rings. The van der Waals surface area contributed by atoms with Gasteiger partial charge in [0.05, 0.1) is 17.0 Å². The van der Waals surface area contributed by atoms with Gasteiger partial charge in [-0.05, 0) is 44.4 Å². The quantitative estimate of drug-likeness (QED) is 0.864. The Hall–Kier alpha value is -1.44. The van der Waals surface area contributed by atoms with Crippen molar-refractivity contribution < 1.29 is 17.9 Å². The Morgan fingerprint density at radius 2 is 2.19 bits per heavy atom. The fourth-order valence-corrected chi connectivity index (χ4v) is 2.94. The van der Waals surface area contributed by atoms with E-state index in [0.717, 1.165) is 12.8 Å². The molecule has 21 heavy (non-hydrogen) atoms. The largest absolute Gasteiger partial charge is 0.376 e. The molecule has 2 rings (SSSR count). The molecule has 6 nitrogen and oxygen atoms in total. The lowest BCUT2D eigenvalue weighted by atomic mass is 10.1. The van der Waals surface area contributed by atoms with E-state index >= 15 is 0 Å². The van der Waals surface area contributed by atoms with Gasteiger partial charge in [-0.1, -0.05) is 6.07 Å². The van der Waals surface area contributed by atoms with Gasteiger partial charge in [-0.3, -0.25) is 4.79 Å². The van der Waals surface area contributed by atoms with Crippen LogP contribution in [-0.4, -0.2) is 33.1 Å². The molecule has 3 N–H and O–H groups in total. The molecule has 0 saturated carbocycles. The van der Waals surface area contributed by atoms with E-state index < -0.39 is 10.0 Å². The van der Waals surface area contributed by atoms with E-state index in [9.17, 15) is 13.2 Å². The van der Waals surface area contributed by atoms with Gasteiger partial charge in [-0.25, -0.2) is 13.6 Å². The van der Waals surface area contributed by atoms with Gasteiger partial charge in [0.1, 0.15) is 0 Å². The van der Waals surface area contributed by atoms with E-state index in [1.165, 1.54) is 12.1 Å². The number of rotatable bonds is 4. The molecule has 2 unspecified atom stereocenters. The van der Waals surface area contributed by atoms with Crippen molar-refractivity contribution in [2.75, 3.05) is 6.61 Å². The highest BCUT2D eigenvalue weighted by molar-refractivity contribution is 7.89. The maximum atomic E-state index is 12.3. The molecule has 1 aliphatic rings. The summed E-state index contributed by atoms with van der Waals surface area (Å²) >= 11 is 0. The Labute approximate surface area is 124 Å². The number of carbonyl (C=O) groups is 1. The highest BCUT2D eigenvalue weighted by atomic mass is 32.2. The number of aryl methyl sites for hydroxylation is 1. The molecule has 0 radical (unpaired) electrons. The first-order valence-corrected chi connectivity index (χ1v) is 8.39. The fourth-order valence-electron chi connectivity index (χ4n) is 2.40. The van der Waals surface area contributed by atoms with E-state index in [1.807, 2.05) is 6.92 Å². The zero-order valence-electron chi connectivity index (χ0n) is 12.1. The van der Waals surface area contributed by atoms with Gasteiger partial charge in [-0.15, -0.1) is 0 Å². The molecule has 1 saturated heterocycles. The van der Waals surface area contributed by atoms with E-state index in [2.05, 4.69) is 5.32 Å². The molecular formula is C14H20N2O4S. The van der Waals surface area contributed by atoms with Crippen molar-refractivity contribution in [3.8, 4) is 0 Å². The Balaban J connectivity index is 2.18. The fraction of sp³-hybridized carbons (Fsp3) is 0.500. The minimum atomic E-state index is -3.82. The molecular weight excluding hydrogens is 292 g/mol. The molecule has 1 amide bonds. The summed E-state index contributed by atoms with van der Waals surface area (Å²) in [6, 6.07) is 4.15. The summed E-state index contributed by atoms with van der Waals surface area (Å²) in [4.78, 5) is 12.2. The second-order valence-corrected chi connectivity index (χ2v) is 6.90. The van der Waals surface area contributed by atoms with Crippen LogP contribution in [0, 0.1) is 6.92 Å². The van der Waals surface area contributed by atoms with Crippen LogP contribution in [0.2, 0.25) is 0 Å². The third-order valence-electron chi connectivity index (χ3n) is 3.66. The number of nitrogens with two attached hydrogens (primary N) is 1. The van der Waals surface area contributed by atoms with Crippen molar-refractivity contribution in [2.45, 2.75) is 43.7 Å². The van der Waals surface area contributed by atoms with Crippen LogP contribution in [0.15, 0.2) is 23.1 Å². The van der Waals surface area contributed by atoms with Gasteiger partial charge < -0.3 is 10.1 Å². The highest BCUT2D eigenvalue weighted by Crippen LogP contribution is 2.18. The van der Waals surface area contributed by atoms with E-state index in [0.29, 0.717) is 17.7 Å². The molecule has 1 aliphatic heterocycles. The van der Waals surface area contributed by atoms with Crippen molar-refractivity contribution >= 4 is 15.9 Å². The molecule has 0 aromatic heterocycles. The Bertz CT molecular complexity index is 636. The molecule has 0 aliphatic carbocycles. The van der Waals surface area contributed by atoms with Crippen LogP contribution in [0.5, 0.6) is 0 Å². The van der Waals surface area contributed by atoms with E-state index in [4.69, 9.17) is 9.88 Å². The van der Waals surface area contributed by atoms with Crippen molar-refractivity contribution in [3.63, 3.8) is 0 Å². The zero-order chi connectivity index (χ0) is 15.6. The Kier molecular flexibility index (Phi) is 4.65. The SMILES string of the molecule is Cc1ccc(S(N)(=O)=O)cc1C(=O)NC(C)C1CCCO1. The number of sulfonamides is 1. The van der Waals surface area contributed by atoms with Crippen molar-refractivity contribution in [1.82, 2.24) is 5.32 Å². The first-order chi connectivity index (χ1) is 9.79. The summed E-state index contributed by atoms with van der Waals surface area (Å²) in [5, 5.41) is 7.96. The summed E-state index contributed by atoms with van der Waals surface area (Å²) in [7, 11) is -3.82. The molecule has 1 aromatic rings. The smallest absolute Gasteiger partial charge is 0.251 e. The van der Waals surface area contributed by atoms with Gasteiger partial charge in [0, 0.05) is 12.2 Å². The van der Waals surface area contributed by atoms with Crippen LogP contribution in [0.25, 0.3) is 0 Å². The van der Waals surface area contributed by atoms with Crippen LogP contribution >= 0.6 is 0 Å². The number of ether oxygens (including phenoxy) is 1. The number of nitrogens with one attached hydrogen (secondary N) is 1. The second-order valence-electron chi connectivity index (χ2n) is 5.34. The Morgan fingerprint density at radius 1 is 1.48 bits per heavy atom. The molecule has 0 bridgehead atoms. The first-order valence-electron chi connectivity index (χ1n) is 6.85. The lowest BCUT2D eigenvalue weighted by molar-refractivity contribution is 0.0712. The second kappa shape index (κ2) is 6.13. The maximum absolute atomic E-state index is 12.3. The van der Waals surface area contributed by atoms with Crippen LogP contribution < -0.4 is 10.5 Å². The summed E-state index contributed by atoms with van der Waals surface area (Å²) < 4.78 is 28.3. The first kappa shape index (κ1) is 15.9. The lowest BCUT2D eigenvalue weighted by Crippen LogP contribution is -2.41. The molecule has 0 spiro atoms. The number of primary sulfonamides is 1. The monoisotopic (exact) mass is 312 g/mol. The number of hydrogen-bond acceptors (Lipinski definition) is 4. The Morgan fingerprint density at radius 3 is 2.76 bits per heavy atom. The van der Waals surface area contributed by atoms with Gasteiger partial charge in [-0.2, -0.15) is 0 Å². The topological polar surface area (TPSA) is 98.5 Å². The minimum Gasteiger partial charge on any atom is -0.376 e. The summed E-state index contributed by atoms with van der Waals surface area (Å²) in [5.41, 5.74) is 1.01. The van der Waals surface area contributed by atoms with Gasteiger partial charge in [0.25, 0.3) is 5.91 Å². The van der Waals surface area contributed by atoms with Crippen LogP contribution in [0.1, 0.15) is 35.7 Å². The summed E-state index contributed by atoms with van der Waals surface area (Å²) in [6.07, 6.45) is 1.92. The standard InChI is InChI=1S/C14H20N2O4S/c1-9-5-6-11(21(15,18)19)8-12(9)14(17)16-10(2)13-4-3-7-20-13/h5-6,8,10,13H,3-4,7H2,1-2H3,(H,16,17)(H2,15,18,19). The summed E-state index contributed by atoms with van der Waals surface area (Å²) in [5.74, 6) is -0.319. The average Bonchev–Trinajstić information content (AvgIpc) is 2.91. The third-order valence-corrected chi connectivity index (χ3v) is 4.57. The highest BCUT2D eigenvalue weighted by Gasteiger charge is 2.24. The third kappa shape index (κ3) is 3.81. The van der Waals surface area contributed by atoms with Crippen molar-refractivity contribution in [1.29, 1.82) is 0 Å². The van der Waals surface area contributed by atoms with Gasteiger partial charge in [0.15, 0.2) is 0 Å². The van der Waals surface area contributed by atoms with Crippen LogP contribution in [-0.2, 0) is 14.8 Å². The van der Waals surface area contributed by atoms with Crippen LogP contribution in [0.3, 0.4) is 0 Å².